The molecular weight excluding hydrogens is 204 g/mol. The minimum atomic E-state index is -0.692. The first-order valence-corrected chi connectivity index (χ1v) is 6.40. The molecule has 0 radical (unpaired) electrons. The van der Waals surface area contributed by atoms with Crippen LogP contribution >= 0.6 is 0 Å². The van der Waals surface area contributed by atoms with E-state index in [0.717, 1.165) is 13.1 Å². The van der Waals surface area contributed by atoms with Gasteiger partial charge in [0, 0.05) is 19.1 Å². The maximum atomic E-state index is 10.8. The van der Waals surface area contributed by atoms with Crippen LogP contribution in [0.4, 0.5) is 0 Å². The second kappa shape index (κ2) is 5.15. The number of nitrogens with one attached hydrogen (secondary N) is 2. The van der Waals surface area contributed by atoms with E-state index in [1.165, 1.54) is 38.5 Å². The van der Waals surface area contributed by atoms with Crippen molar-refractivity contribution in [1.29, 1.82) is 0 Å². The molecular formula is C12H22N2O2. The average Bonchev–Trinajstić information content (AvgIpc) is 2.42. The van der Waals surface area contributed by atoms with E-state index >= 15 is 0 Å². The Morgan fingerprint density at radius 1 is 1.25 bits per heavy atom. The van der Waals surface area contributed by atoms with Gasteiger partial charge in [0.05, 0.1) is 12.0 Å². The fourth-order valence-electron chi connectivity index (χ4n) is 2.85. The highest BCUT2D eigenvalue weighted by Gasteiger charge is 2.40. The first kappa shape index (κ1) is 11.9. The molecule has 0 amide bonds. The molecule has 2 rings (SSSR count). The van der Waals surface area contributed by atoms with Crippen LogP contribution in [0.3, 0.4) is 0 Å². The Balaban J connectivity index is 1.87. The summed E-state index contributed by atoms with van der Waals surface area (Å²) >= 11 is 0. The lowest BCUT2D eigenvalue weighted by molar-refractivity contribution is -0.139. The quantitative estimate of drug-likeness (QED) is 0.629. The molecule has 0 aromatic carbocycles. The summed E-state index contributed by atoms with van der Waals surface area (Å²) in [7, 11) is 0. The van der Waals surface area contributed by atoms with E-state index in [1.807, 2.05) is 0 Å². The Morgan fingerprint density at radius 3 is 2.31 bits per heavy atom. The molecule has 0 bridgehead atoms. The first-order chi connectivity index (χ1) is 7.70. The topological polar surface area (TPSA) is 61.4 Å². The molecule has 0 aromatic heterocycles. The summed E-state index contributed by atoms with van der Waals surface area (Å²) in [6.07, 6.45) is 7.91. The van der Waals surface area contributed by atoms with Gasteiger partial charge >= 0.3 is 5.97 Å². The van der Waals surface area contributed by atoms with Gasteiger partial charge in [0.15, 0.2) is 0 Å². The number of carboxylic acid groups (broad SMARTS) is 1. The Bertz CT molecular complexity index is 243. The second-order valence-electron chi connectivity index (χ2n) is 5.29. The molecule has 1 saturated carbocycles. The standard InChI is InChI=1S/C12H22N2O2/c15-11(16)7-12(8-13-9-12)14-10-5-3-1-2-4-6-10/h10,13-14H,1-9H2,(H,15,16). The van der Waals surface area contributed by atoms with Gasteiger partial charge in [0.1, 0.15) is 0 Å². The van der Waals surface area contributed by atoms with Gasteiger partial charge in [0.25, 0.3) is 0 Å². The van der Waals surface area contributed by atoms with Crippen LogP contribution in [0.1, 0.15) is 44.9 Å². The molecule has 0 spiro atoms. The Labute approximate surface area is 96.8 Å². The van der Waals surface area contributed by atoms with Crippen LogP contribution in [-0.2, 0) is 4.79 Å². The van der Waals surface area contributed by atoms with Gasteiger partial charge in [-0.25, -0.2) is 0 Å². The van der Waals surface area contributed by atoms with Crippen molar-refractivity contribution >= 4 is 5.97 Å². The van der Waals surface area contributed by atoms with Crippen LogP contribution < -0.4 is 10.6 Å². The molecule has 2 fully saturated rings. The fourth-order valence-corrected chi connectivity index (χ4v) is 2.85. The molecule has 1 saturated heterocycles. The van der Waals surface area contributed by atoms with E-state index in [1.54, 1.807) is 0 Å². The molecule has 0 atom stereocenters. The van der Waals surface area contributed by atoms with Crippen LogP contribution in [0.2, 0.25) is 0 Å². The smallest absolute Gasteiger partial charge is 0.305 e. The maximum Gasteiger partial charge on any atom is 0.305 e. The van der Waals surface area contributed by atoms with Gasteiger partial charge in [-0.05, 0) is 12.8 Å². The molecule has 4 nitrogen and oxygen atoms in total. The summed E-state index contributed by atoms with van der Waals surface area (Å²) < 4.78 is 0. The predicted octanol–water partition coefficient (Wildman–Crippen LogP) is 1.12. The zero-order chi connectivity index (χ0) is 11.4. The molecule has 1 heterocycles. The fraction of sp³-hybridized carbons (Fsp3) is 0.917. The molecule has 1 aliphatic carbocycles. The molecule has 0 aromatic rings. The van der Waals surface area contributed by atoms with E-state index in [4.69, 9.17) is 5.11 Å². The number of rotatable bonds is 4. The van der Waals surface area contributed by atoms with Crippen molar-refractivity contribution in [2.75, 3.05) is 13.1 Å². The van der Waals surface area contributed by atoms with E-state index in [0.29, 0.717) is 6.04 Å². The summed E-state index contributed by atoms with van der Waals surface area (Å²) in [4.78, 5) is 10.8. The minimum Gasteiger partial charge on any atom is -0.481 e. The van der Waals surface area contributed by atoms with E-state index in [9.17, 15) is 4.79 Å². The minimum absolute atomic E-state index is 0.166. The lowest BCUT2D eigenvalue weighted by Crippen LogP contribution is -2.70. The van der Waals surface area contributed by atoms with E-state index < -0.39 is 5.97 Å². The number of hydrogen-bond acceptors (Lipinski definition) is 3. The number of aliphatic carboxylic acids is 1. The molecule has 1 aliphatic heterocycles. The summed E-state index contributed by atoms with van der Waals surface area (Å²) in [5.74, 6) is -0.692. The van der Waals surface area contributed by atoms with E-state index in [2.05, 4.69) is 10.6 Å². The Morgan fingerprint density at radius 2 is 1.88 bits per heavy atom. The van der Waals surface area contributed by atoms with Gasteiger partial charge in [-0.15, -0.1) is 0 Å². The van der Waals surface area contributed by atoms with E-state index in [-0.39, 0.29) is 12.0 Å². The SMILES string of the molecule is O=C(O)CC1(NC2CCCCCC2)CNC1. The van der Waals surface area contributed by atoms with Crippen LogP contribution in [0.25, 0.3) is 0 Å². The van der Waals surface area contributed by atoms with Gasteiger partial charge < -0.3 is 15.7 Å². The zero-order valence-electron chi connectivity index (χ0n) is 9.80. The van der Waals surface area contributed by atoms with Gasteiger partial charge in [-0.1, -0.05) is 25.7 Å². The van der Waals surface area contributed by atoms with Crippen LogP contribution in [-0.4, -0.2) is 35.7 Å². The Kier molecular flexibility index (Phi) is 3.82. The maximum absolute atomic E-state index is 10.8. The highest BCUT2D eigenvalue weighted by atomic mass is 16.4. The molecule has 4 heteroatoms. The number of hydrogen-bond donors (Lipinski definition) is 3. The third kappa shape index (κ3) is 2.95. The highest BCUT2D eigenvalue weighted by molar-refractivity contribution is 5.68. The molecule has 2 aliphatic rings. The predicted molar refractivity (Wildman–Crippen MR) is 62.5 cm³/mol. The largest absolute Gasteiger partial charge is 0.481 e. The highest BCUT2D eigenvalue weighted by Crippen LogP contribution is 2.23. The normalized spacial score (nSPS) is 25.8. The lowest BCUT2D eigenvalue weighted by Gasteiger charge is -2.45. The van der Waals surface area contributed by atoms with Crippen molar-refractivity contribution in [3.8, 4) is 0 Å². The van der Waals surface area contributed by atoms with Crippen molar-refractivity contribution < 1.29 is 9.90 Å². The van der Waals surface area contributed by atoms with Crippen molar-refractivity contribution in [3.05, 3.63) is 0 Å². The van der Waals surface area contributed by atoms with Gasteiger partial charge in [-0.2, -0.15) is 0 Å². The average molecular weight is 226 g/mol. The monoisotopic (exact) mass is 226 g/mol. The first-order valence-electron chi connectivity index (χ1n) is 6.40. The number of carboxylic acids is 1. The summed E-state index contributed by atoms with van der Waals surface area (Å²) in [6.45, 7) is 1.60. The van der Waals surface area contributed by atoms with Crippen LogP contribution in [0.15, 0.2) is 0 Å². The molecule has 0 unspecified atom stereocenters. The van der Waals surface area contributed by atoms with Gasteiger partial charge in [-0.3, -0.25) is 4.79 Å². The summed E-state index contributed by atoms with van der Waals surface area (Å²) in [5, 5.41) is 15.7. The second-order valence-corrected chi connectivity index (χ2v) is 5.29. The van der Waals surface area contributed by atoms with Crippen molar-refractivity contribution in [3.63, 3.8) is 0 Å². The van der Waals surface area contributed by atoms with Gasteiger partial charge in [0.2, 0.25) is 0 Å². The summed E-state index contributed by atoms with van der Waals surface area (Å²) in [6, 6.07) is 0.531. The molecule has 92 valence electrons. The molecule has 16 heavy (non-hydrogen) atoms. The van der Waals surface area contributed by atoms with Crippen LogP contribution in [0.5, 0.6) is 0 Å². The van der Waals surface area contributed by atoms with Crippen molar-refractivity contribution in [2.45, 2.75) is 56.5 Å². The molecule has 3 N–H and O–H groups in total. The lowest BCUT2D eigenvalue weighted by atomic mass is 9.86. The number of carbonyl (C=O) groups is 1. The Hall–Kier alpha value is -0.610. The van der Waals surface area contributed by atoms with Crippen molar-refractivity contribution in [2.24, 2.45) is 0 Å². The zero-order valence-corrected chi connectivity index (χ0v) is 9.80. The third-order valence-corrected chi connectivity index (χ3v) is 3.78. The summed E-state index contributed by atoms with van der Waals surface area (Å²) in [5.41, 5.74) is -0.166. The van der Waals surface area contributed by atoms with Crippen molar-refractivity contribution in [1.82, 2.24) is 10.6 Å². The van der Waals surface area contributed by atoms with Crippen LogP contribution in [0, 0.1) is 0 Å². The third-order valence-electron chi connectivity index (χ3n) is 3.78.